The van der Waals surface area contributed by atoms with E-state index in [0.29, 0.717) is 17.6 Å². The van der Waals surface area contributed by atoms with Crippen LogP contribution in [0.4, 0.5) is 5.95 Å². The average molecular weight is 311 g/mol. The molecule has 1 saturated heterocycles. The van der Waals surface area contributed by atoms with Crippen molar-refractivity contribution in [3.05, 3.63) is 6.33 Å². The van der Waals surface area contributed by atoms with Crippen LogP contribution in [0.1, 0.15) is 12.6 Å². The van der Waals surface area contributed by atoms with E-state index in [1.54, 1.807) is 4.57 Å². The number of nitrogens with two attached hydrogens (primary N) is 1. The van der Waals surface area contributed by atoms with Crippen molar-refractivity contribution >= 4 is 17.1 Å². The first-order valence-electron chi connectivity index (χ1n) is 6.82. The first-order chi connectivity index (χ1) is 10.6. The van der Waals surface area contributed by atoms with Gasteiger partial charge in [-0.05, 0) is 0 Å². The Kier molecular flexibility index (Phi) is 4.07. The van der Waals surface area contributed by atoms with Crippen molar-refractivity contribution in [3.8, 4) is 5.88 Å². The number of rotatable bonds is 5. The summed E-state index contributed by atoms with van der Waals surface area (Å²) in [6.45, 7) is -0.377. The fraction of sp³-hybridized carbons (Fsp3) is 0.583. The third-order valence-corrected chi connectivity index (χ3v) is 3.43. The van der Waals surface area contributed by atoms with Gasteiger partial charge in [-0.25, -0.2) is 4.98 Å². The maximum atomic E-state index is 9.83. The van der Waals surface area contributed by atoms with Crippen LogP contribution >= 0.6 is 0 Å². The highest BCUT2D eigenvalue weighted by Crippen LogP contribution is 2.32. The van der Waals surface area contributed by atoms with E-state index in [2.05, 4.69) is 15.0 Å². The van der Waals surface area contributed by atoms with E-state index in [-0.39, 0.29) is 31.6 Å². The number of fused-ring (bicyclic) bond motifs is 1. The Labute approximate surface area is 125 Å². The van der Waals surface area contributed by atoms with E-state index >= 15 is 0 Å². The lowest BCUT2D eigenvalue weighted by atomic mass is 10.2. The number of nitrogen functional groups attached to an aromatic ring is 1. The molecule has 3 heterocycles. The van der Waals surface area contributed by atoms with Gasteiger partial charge in [0.05, 0.1) is 25.6 Å². The Morgan fingerprint density at radius 3 is 2.91 bits per heavy atom. The van der Waals surface area contributed by atoms with Gasteiger partial charge in [0, 0.05) is 6.42 Å². The number of hydrogen-bond acceptors (Lipinski definition) is 9. The number of aliphatic hydroxyl groups is 3. The highest BCUT2D eigenvalue weighted by atomic mass is 16.5. The molecule has 3 rings (SSSR count). The highest BCUT2D eigenvalue weighted by Gasteiger charge is 2.35. The van der Waals surface area contributed by atoms with Crippen molar-refractivity contribution < 1.29 is 24.8 Å². The molecular formula is C12H17N5O5. The summed E-state index contributed by atoms with van der Waals surface area (Å²) in [5.41, 5.74) is 6.45. The molecule has 2 aromatic heterocycles. The Bertz CT molecular complexity index is 663. The number of nitrogens with zero attached hydrogens (tertiary/aromatic N) is 4. The lowest BCUT2D eigenvalue weighted by molar-refractivity contribution is -0.0432. The summed E-state index contributed by atoms with van der Waals surface area (Å²) < 4.78 is 12.5. The van der Waals surface area contributed by atoms with Gasteiger partial charge in [-0.2, -0.15) is 9.97 Å². The topological polar surface area (TPSA) is 149 Å². The molecule has 0 aromatic carbocycles. The van der Waals surface area contributed by atoms with Crippen LogP contribution in [0.3, 0.4) is 0 Å². The van der Waals surface area contributed by atoms with E-state index in [9.17, 15) is 5.11 Å². The van der Waals surface area contributed by atoms with Gasteiger partial charge in [-0.15, -0.1) is 0 Å². The summed E-state index contributed by atoms with van der Waals surface area (Å²) in [5, 5.41) is 27.8. The summed E-state index contributed by atoms with van der Waals surface area (Å²) in [6.07, 6.45) is -0.143. The molecule has 0 saturated carbocycles. The zero-order valence-corrected chi connectivity index (χ0v) is 11.7. The molecule has 3 atom stereocenters. The molecule has 2 aromatic rings. The lowest BCUT2D eigenvalue weighted by Crippen LogP contribution is -2.24. The molecule has 10 heteroatoms. The molecule has 0 bridgehead atoms. The van der Waals surface area contributed by atoms with Gasteiger partial charge < -0.3 is 30.5 Å². The fourth-order valence-electron chi connectivity index (χ4n) is 2.41. The molecular weight excluding hydrogens is 294 g/mol. The molecule has 10 nitrogen and oxygen atoms in total. The van der Waals surface area contributed by atoms with Gasteiger partial charge in [0.15, 0.2) is 11.2 Å². The van der Waals surface area contributed by atoms with Crippen molar-refractivity contribution in [1.29, 1.82) is 0 Å². The Morgan fingerprint density at radius 1 is 1.41 bits per heavy atom. The Morgan fingerprint density at radius 2 is 2.23 bits per heavy atom. The summed E-state index contributed by atoms with van der Waals surface area (Å²) >= 11 is 0. The van der Waals surface area contributed by atoms with E-state index in [1.807, 2.05) is 0 Å². The molecule has 120 valence electrons. The predicted octanol–water partition coefficient (Wildman–Crippen LogP) is -1.58. The molecule has 0 amide bonds. The highest BCUT2D eigenvalue weighted by molar-refractivity contribution is 5.77. The second kappa shape index (κ2) is 6.01. The maximum Gasteiger partial charge on any atom is 0.247 e. The normalized spacial score (nSPS) is 25.0. The Hall–Kier alpha value is -2.01. The second-order valence-electron chi connectivity index (χ2n) is 4.90. The van der Waals surface area contributed by atoms with E-state index < -0.39 is 18.4 Å². The van der Waals surface area contributed by atoms with Crippen LogP contribution in [0, 0.1) is 0 Å². The van der Waals surface area contributed by atoms with E-state index in [0.717, 1.165) is 0 Å². The minimum Gasteiger partial charge on any atom is -0.474 e. The van der Waals surface area contributed by atoms with Gasteiger partial charge in [0.25, 0.3) is 0 Å². The number of anilines is 1. The quantitative estimate of drug-likeness (QED) is 0.513. The van der Waals surface area contributed by atoms with Crippen LogP contribution in [0.2, 0.25) is 0 Å². The zero-order valence-electron chi connectivity index (χ0n) is 11.7. The second-order valence-corrected chi connectivity index (χ2v) is 4.90. The minimum atomic E-state index is -0.767. The van der Waals surface area contributed by atoms with Crippen molar-refractivity contribution in [2.75, 3.05) is 25.6 Å². The van der Waals surface area contributed by atoms with Gasteiger partial charge >= 0.3 is 0 Å². The third-order valence-electron chi connectivity index (χ3n) is 3.43. The number of aliphatic hydroxyl groups excluding tert-OH is 3. The van der Waals surface area contributed by atoms with Crippen LogP contribution < -0.4 is 10.5 Å². The SMILES string of the molecule is Nc1nc(OCCO)c2ncn([C@H]3CC(O)[C@@H](CO)O3)c2n1. The molecule has 0 radical (unpaired) electrons. The summed E-state index contributed by atoms with van der Waals surface area (Å²) in [6, 6.07) is 0. The van der Waals surface area contributed by atoms with Crippen molar-refractivity contribution in [2.24, 2.45) is 0 Å². The van der Waals surface area contributed by atoms with Crippen LogP contribution in [-0.4, -0.2) is 66.9 Å². The molecule has 1 unspecified atom stereocenters. The van der Waals surface area contributed by atoms with E-state index in [4.69, 9.17) is 25.4 Å². The maximum absolute atomic E-state index is 9.83. The molecule has 1 aliphatic heterocycles. The van der Waals surface area contributed by atoms with Crippen molar-refractivity contribution in [3.63, 3.8) is 0 Å². The Balaban J connectivity index is 1.96. The van der Waals surface area contributed by atoms with Crippen LogP contribution in [0.15, 0.2) is 6.33 Å². The van der Waals surface area contributed by atoms with E-state index in [1.165, 1.54) is 6.33 Å². The summed E-state index contributed by atoms with van der Waals surface area (Å²) in [4.78, 5) is 12.3. The molecule has 0 aliphatic carbocycles. The van der Waals surface area contributed by atoms with Gasteiger partial charge in [-0.1, -0.05) is 0 Å². The minimum absolute atomic E-state index is 0.000515. The number of ether oxygens (including phenoxy) is 2. The van der Waals surface area contributed by atoms with Gasteiger partial charge in [0.2, 0.25) is 11.8 Å². The molecule has 22 heavy (non-hydrogen) atoms. The number of hydrogen-bond donors (Lipinski definition) is 4. The van der Waals surface area contributed by atoms with Crippen LogP contribution in [-0.2, 0) is 4.74 Å². The fourth-order valence-corrected chi connectivity index (χ4v) is 2.41. The first-order valence-corrected chi connectivity index (χ1v) is 6.82. The predicted molar refractivity (Wildman–Crippen MR) is 73.9 cm³/mol. The largest absolute Gasteiger partial charge is 0.474 e. The molecule has 0 spiro atoms. The monoisotopic (exact) mass is 311 g/mol. The van der Waals surface area contributed by atoms with Crippen molar-refractivity contribution in [1.82, 2.24) is 19.5 Å². The third kappa shape index (κ3) is 2.57. The van der Waals surface area contributed by atoms with Crippen LogP contribution in [0.5, 0.6) is 5.88 Å². The number of aromatic nitrogens is 4. The van der Waals surface area contributed by atoms with Crippen molar-refractivity contribution in [2.45, 2.75) is 24.9 Å². The van der Waals surface area contributed by atoms with Crippen LogP contribution in [0.25, 0.3) is 11.2 Å². The molecule has 1 fully saturated rings. The molecule has 1 aliphatic rings. The average Bonchev–Trinajstić information content (AvgIpc) is 3.07. The standard InChI is InChI=1S/C12H17N5O5/c13-12-15-10-9(11(16-12)21-2-1-18)14-5-17(10)8-3-6(20)7(4-19)22-8/h5-8,18-20H,1-4H2,(H2,13,15,16)/t6?,7-,8-/m1/s1. The van der Waals surface area contributed by atoms with Gasteiger partial charge in [0.1, 0.15) is 18.9 Å². The summed E-state index contributed by atoms with van der Waals surface area (Å²) in [7, 11) is 0. The van der Waals surface area contributed by atoms with Gasteiger partial charge in [-0.3, -0.25) is 4.57 Å². The zero-order chi connectivity index (χ0) is 15.7. The lowest BCUT2D eigenvalue weighted by Gasteiger charge is -2.13. The molecule has 5 N–H and O–H groups in total. The smallest absolute Gasteiger partial charge is 0.247 e. The first kappa shape index (κ1) is 14.9. The summed E-state index contributed by atoms with van der Waals surface area (Å²) in [5.74, 6) is 0.173. The number of imidazole rings is 1.